The quantitative estimate of drug-likeness (QED) is 0.321. The van der Waals surface area contributed by atoms with Gasteiger partial charge in [-0.1, -0.05) is 20.8 Å². The number of thiazole rings is 1. The van der Waals surface area contributed by atoms with E-state index in [1.165, 1.54) is 0 Å². The van der Waals surface area contributed by atoms with Crippen LogP contribution in [-0.4, -0.2) is 24.0 Å². The molecule has 0 aliphatic rings. The number of rotatable bonds is 5. The lowest BCUT2D eigenvalue weighted by Gasteiger charge is -2.13. The molecule has 96 valence electrons. The molecular weight excluding hydrogens is 234 g/mol. The highest BCUT2D eigenvalue weighted by atomic mass is 32.1. The van der Waals surface area contributed by atoms with Gasteiger partial charge < -0.3 is 5.32 Å². The van der Waals surface area contributed by atoms with E-state index in [0.29, 0.717) is 17.8 Å². The van der Waals surface area contributed by atoms with Crippen molar-refractivity contribution in [2.45, 2.75) is 26.7 Å². The van der Waals surface area contributed by atoms with Crippen LogP contribution in [0, 0.1) is 5.92 Å². The Labute approximate surface area is 107 Å². The molecule has 0 aliphatic heterocycles. The predicted octanol–water partition coefficient (Wildman–Crippen LogP) is 1.31. The van der Waals surface area contributed by atoms with Gasteiger partial charge in [-0.15, -0.1) is 11.3 Å². The largest absolute Gasteiger partial charge is 0.355 e. The van der Waals surface area contributed by atoms with Gasteiger partial charge in [0, 0.05) is 30.6 Å². The summed E-state index contributed by atoms with van der Waals surface area (Å²) >= 11 is 1.67. The molecule has 0 bridgehead atoms. The molecule has 1 atom stereocenters. The number of aromatic nitrogens is 1. The van der Waals surface area contributed by atoms with Crippen LogP contribution in [0.5, 0.6) is 0 Å². The summed E-state index contributed by atoms with van der Waals surface area (Å²) in [7, 11) is 0. The van der Waals surface area contributed by atoms with Gasteiger partial charge >= 0.3 is 0 Å². The first-order valence-corrected chi connectivity index (χ1v) is 6.65. The predicted molar refractivity (Wildman–Crippen MR) is 73.0 cm³/mol. The summed E-state index contributed by atoms with van der Waals surface area (Å²) in [6.07, 6.45) is 1.82. The summed E-state index contributed by atoms with van der Waals surface area (Å²) in [4.78, 5) is 8.63. The minimum Gasteiger partial charge on any atom is -0.355 e. The zero-order valence-electron chi connectivity index (χ0n) is 10.6. The van der Waals surface area contributed by atoms with Gasteiger partial charge in [0.15, 0.2) is 0 Å². The Hall–Kier alpha value is -1.14. The first kappa shape index (κ1) is 13.9. The maximum Gasteiger partial charge on any atom is 0.205 e. The minimum atomic E-state index is 0.354. The highest BCUT2D eigenvalue weighted by Crippen LogP contribution is 2.16. The third-order valence-corrected chi connectivity index (χ3v) is 3.21. The third kappa shape index (κ3) is 5.14. The Morgan fingerprint density at radius 3 is 2.82 bits per heavy atom. The van der Waals surface area contributed by atoms with Crippen molar-refractivity contribution in [3.8, 4) is 0 Å². The molecule has 0 fully saturated rings. The Kier molecular flexibility index (Phi) is 5.93. The number of hydrogen-bond donors (Lipinski definition) is 3. The number of nitrogens with one attached hydrogen (secondary N) is 2. The van der Waals surface area contributed by atoms with E-state index >= 15 is 0 Å². The Morgan fingerprint density at radius 2 is 2.29 bits per heavy atom. The fourth-order valence-corrected chi connectivity index (χ4v) is 1.94. The molecule has 4 N–H and O–H groups in total. The van der Waals surface area contributed by atoms with Crippen LogP contribution >= 0.6 is 11.3 Å². The van der Waals surface area contributed by atoms with Crippen molar-refractivity contribution >= 4 is 17.3 Å². The number of guanidine groups is 1. The molecule has 1 aromatic heterocycles. The van der Waals surface area contributed by atoms with Crippen LogP contribution in [0.15, 0.2) is 16.6 Å². The van der Waals surface area contributed by atoms with Crippen LogP contribution in [0.25, 0.3) is 0 Å². The second kappa shape index (κ2) is 7.24. The molecule has 0 spiro atoms. The summed E-state index contributed by atoms with van der Waals surface area (Å²) in [5.74, 6) is 6.93. The molecule has 1 rings (SSSR count). The number of nitrogens with two attached hydrogens (primary N) is 1. The fraction of sp³-hybridized carbons (Fsp3) is 0.636. The van der Waals surface area contributed by atoms with E-state index in [-0.39, 0.29) is 0 Å². The molecule has 0 radical (unpaired) electrons. The Balaban J connectivity index is 2.40. The molecule has 1 unspecified atom stereocenters. The van der Waals surface area contributed by atoms with E-state index in [2.05, 4.69) is 41.5 Å². The number of aliphatic imine (C=N–C) groups is 1. The molecule has 0 aliphatic carbocycles. The second-order valence-corrected chi connectivity index (χ2v) is 5.31. The first-order valence-electron chi connectivity index (χ1n) is 5.77. The van der Waals surface area contributed by atoms with E-state index in [9.17, 15) is 0 Å². The normalized spacial score (nSPS) is 13.8. The lowest BCUT2D eigenvalue weighted by Crippen LogP contribution is -2.43. The van der Waals surface area contributed by atoms with Crippen LogP contribution in [0.2, 0.25) is 0 Å². The third-order valence-electron chi connectivity index (χ3n) is 2.20. The van der Waals surface area contributed by atoms with Gasteiger partial charge in [-0.3, -0.25) is 10.4 Å². The number of nitrogens with zero attached hydrogens (tertiary/aromatic N) is 2. The molecule has 5 nitrogen and oxygen atoms in total. The van der Waals surface area contributed by atoms with Gasteiger partial charge in [-0.25, -0.2) is 10.8 Å². The van der Waals surface area contributed by atoms with Gasteiger partial charge in [0.05, 0.1) is 5.01 Å². The van der Waals surface area contributed by atoms with Gasteiger partial charge in [-0.05, 0) is 5.92 Å². The Morgan fingerprint density at radius 1 is 1.53 bits per heavy atom. The highest BCUT2D eigenvalue weighted by Gasteiger charge is 2.08. The van der Waals surface area contributed by atoms with E-state index < -0.39 is 0 Å². The number of hydrazine groups is 1. The first-order chi connectivity index (χ1) is 8.13. The topological polar surface area (TPSA) is 75.3 Å². The average molecular weight is 255 g/mol. The van der Waals surface area contributed by atoms with Crippen LogP contribution in [0.1, 0.15) is 31.7 Å². The summed E-state index contributed by atoms with van der Waals surface area (Å²) in [6.45, 7) is 7.90. The molecule has 1 heterocycles. The van der Waals surface area contributed by atoms with Crippen molar-refractivity contribution in [1.82, 2.24) is 15.7 Å². The molecular formula is C11H21N5S. The van der Waals surface area contributed by atoms with Crippen molar-refractivity contribution in [2.75, 3.05) is 13.1 Å². The average Bonchev–Trinajstić information content (AvgIpc) is 2.82. The summed E-state index contributed by atoms with van der Waals surface area (Å²) in [5, 5.41) is 6.30. The molecule has 0 saturated heterocycles. The highest BCUT2D eigenvalue weighted by molar-refractivity contribution is 7.09. The summed E-state index contributed by atoms with van der Waals surface area (Å²) in [5.41, 5.74) is 2.58. The van der Waals surface area contributed by atoms with Crippen LogP contribution < -0.4 is 16.6 Å². The van der Waals surface area contributed by atoms with Crippen molar-refractivity contribution in [3.63, 3.8) is 0 Å². The van der Waals surface area contributed by atoms with Crippen LogP contribution in [0.3, 0.4) is 0 Å². The van der Waals surface area contributed by atoms with Crippen LogP contribution in [-0.2, 0) is 0 Å². The molecule has 1 aromatic rings. The van der Waals surface area contributed by atoms with Crippen molar-refractivity contribution in [2.24, 2.45) is 16.8 Å². The smallest absolute Gasteiger partial charge is 0.205 e. The lowest BCUT2D eigenvalue weighted by atomic mass is 10.2. The minimum absolute atomic E-state index is 0.354. The van der Waals surface area contributed by atoms with Crippen molar-refractivity contribution < 1.29 is 0 Å². The van der Waals surface area contributed by atoms with Crippen molar-refractivity contribution in [3.05, 3.63) is 16.6 Å². The van der Waals surface area contributed by atoms with Crippen molar-refractivity contribution in [1.29, 1.82) is 0 Å². The zero-order valence-corrected chi connectivity index (χ0v) is 11.4. The second-order valence-electron chi connectivity index (χ2n) is 4.38. The lowest BCUT2D eigenvalue weighted by molar-refractivity contribution is 0.649. The van der Waals surface area contributed by atoms with E-state index in [0.717, 1.165) is 18.1 Å². The molecule has 17 heavy (non-hydrogen) atoms. The molecule has 6 heteroatoms. The standard InChI is InChI=1S/C11H21N5S/c1-8(2)6-14-11(16-12)15-7-9(3)10-13-4-5-17-10/h4-5,8-9H,6-7,12H2,1-3H3,(H2,14,15,16). The Bertz CT molecular complexity index is 334. The maximum absolute atomic E-state index is 5.41. The van der Waals surface area contributed by atoms with Gasteiger partial charge in [0.1, 0.15) is 0 Å². The summed E-state index contributed by atoms with van der Waals surface area (Å²) in [6, 6.07) is 0. The maximum atomic E-state index is 5.41. The van der Waals surface area contributed by atoms with E-state index in [1.54, 1.807) is 11.3 Å². The van der Waals surface area contributed by atoms with Gasteiger partial charge in [-0.2, -0.15) is 0 Å². The molecule has 0 aromatic carbocycles. The fourth-order valence-electron chi connectivity index (χ4n) is 1.24. The van der Waals surface area contributed by atoms with E-state index in [4.69, 9.17) is 5.84 Å². The van der Waals surface area contributed by atoms with E-state index in [1.807, 2.05) is 11.6 Å². The molecule has 0 amide bonds. The summed E-state index contributed by atoms with van der Waals surface area (Å²) < 4.78 is 0. The van der Waals surface area contributed by atoms with Gasteiger partial charge in [0.25, 0.3) is 0 Å². The van der Waals surface area contributed by atoms with Gasteiger partial charge in [0.2, 0.25) is 5.96 Å². The van der Waals surface area contributed by atoms with Crippen LogP contribution in [0.4, 0.5) is 0 Å². The monoisotopic (exact) mass is 255 g/mol. The molecule has 0 saturated carbocycles. The number of hydrogen-bond acceptors (Lipinski definition) is 4. The zero-order chi connectivity index (χ0) is 12.7. The SMILES string of the molecule is CC(C)CN=C(NN)NCC(C)c1nccs1.